The van der Waals surface area contributed by atoms with Crippen molar-refractivity contribution in [2.24, 2.45) is 10.9 Å². The smallest absolute Gasteiger partial charge is 0.256 e. The molecule has 3 aromatic rings. The van der Waals surface area contributed by atoms with Crippen LogP contribution in [0.1, 0.15) is 37.0 Å². The van der Waals surface area contributed by atoms with Crippen LogP contribution >= 0.6 is 0 Å². The summed E-state index contributed by atoms with van der Waals surface area (Å²) in [5.41, 5.74) is 3.09. The first-order valence-electron chi connectivity index (χ1n) is 14.0. The number of anilines is 1. The molecular weight excluding hydrogens is 502 g/mol. The molecule has 2 aromatic carbocycles. The molecule has 0 bridgehead atoms. The number of para-hydroxylation sites is 2. The fraction of sp³-hybridized carbons (Fsp3) is 0.344. The van der Waals surface area contributed by atoms with Crippen molar-refractivity contribution in [1.29, 1.82) is 0 Å². The van der Waals surface area contributed by atoms with Crippen LogP contribution in [0, 0.1) is 5.92 Å². The summed E-state index contributed by atoms with van der Waals surface area (Å²) in [6.07, 6.45) is 9.43. The van der Waals surface area contributed by atoms with Crippen molar-refractivity contribution < 1.29 is 9.53 Å². The number of allylic oxidation sites excluding steroid dienone is 2. The molecule has 2 aliphatic rings. The maximum Gasteiger partial charge on any atom is 0.256 e. The van der Waals surface area contributed by atoms with E-state index in [4.69, 9.17) is 4.74 Å². The lowest BCUT2D eigenvalue weighted by atomic mass is 10.0. The fourth-order valence-electron chi connectivity index (χ4n) is 5.64. The van der Waals surface area contributed by atoms with Gasteiger partial charge in [-0.2, -0.15) is 0 Å². The first kappa shape index (κ1) is 27.4. The summed E-state index contributed by atoms with van der Waals surface area (Å²) in [6, 6.07) is 11.4. The minimum Gasteiger partial charge on any atom is -0.451 e. The molecule has 8 nitrogen and oxygen atoms in total. The lowest BCUT2D eigenvalue weighted by Crippen LogP contribution is -2.36. The van der Waals surface area contributed by atoms with Gasteiger partial charge in [-0.05, 0) is 57.1 Å². The van der Waals surface area contributed by atoms with Crippen LogP contribution in [0.3, 0.4) is 0 Å². The van der Waals surface area contributed by atoms with Gasteiger partial charge in [0, 0.05) is 50.7 Å². The zero-order chi connectivity index (χ0) is 28.2. The normalized spacial score (nSPS) is 15.6. The van der Waals surface area contributed by atoms with E-state index in [1.165, 1.54) is 12.8 Å². The van der Waals surface area contributed by atoms with Crippen molar-refractivity contribution in [3.63, 3.8) is 0 Å². The van der Waals surface area contributed by atoms with Gasteiger partial charge in [0.2, 0.25) is 5.43 Å². The number of aromatic nitrogens is 1. The molecule has 40 heavy (non-hydrogen) atoms. The number of ether oxygens (including phenoxy) is 1. The van der Waals surface area contributed by atoms with Gasteiger partial charge >= 0.3 is 0 Å². The summed E-state index contributed by atoms with van der Waals surface area (Å²) in [5, 5.41) is 3.42. The summed E-state index contributed by atoms with van der Waals surface area (Å²) in [5.74, 6) is 1.05. The Hall–Kier alpha value is -4.17. The molecule has 3 heterocycles. The predicted octanol–water partition coefficient (Wildman–Crippen LogP) is 5.15. The lowest BCUT2D eigenvalue weighted by molar-refractivity contribution is 0.0948. The third kappa shape index (κ3) is 5.31. The highest BCUT2D eigenvalue weighted by atomic mass is 16.5. The third-order valence-corrected chi connectivity index (χ3v) is 7.68. The van der Waals surface area contributed by atoms with Gasteiger partial charge in [0.15, 0.2) is 11.5 Å². The molecule has 208 valence electrons. The number of rotatable bonds is 10. The molecule has 1 unspecified atom stereocenters. The molecular formula is C32H37N5O3. The SMILES string of the molecule is C=CC=N/C(=C\C)C(C)CN(C)c1ccc2c(=O)c(C(=O)NCCN3CCCC3)cn3c2c1Oc1ccccc1-3. The summed E-state index contributed by atoms with van der Waals surface area (Å²) < 4.78 is 8.37. The molecule has 1 saturated heterocycles. The van der Waals surface area contributed by atoms with Gasteiger partial charge in [-0.1, -0.05) is 37.8 Å². The van der Waals surface area contributed by atoms with Crippen molar-refractivity contribution >= 4 is 28.7 Å². The van der Waals surface area contributed by atoms with E-state index in [-0.39, 0.29) is 22.8 Å². The third-order valence-electron chi connectivity index (χ3n) is 7.68. The highest BCUT2D eigenvalue weighted by Gasteiger charge is 2.27. The van der Waals surface area contributed by atoms with Gasteiger partial charge in [0.25, 0.3) is 5.91 Å². The van der Waals surface area contributed by atoms with Crippen LogP contribution in [0.25, 0.3) is 16.6 Å². The van der Waals surface area contributed by atoms with Crippen molar-refractivity contribution in [3.05, 3.63) is 82.8 Å². The molecule has 1 atom stereocenters. The van der Waals surface area contributed by atoms with Crippen molar-refractivity contribution in [2.45, 2.75) is 26.7 Å². The van der Waals surface area contributed by atoms with Gasteiger partial charge in [-0.25, -0.2) is 0 Å². The molecule has 0 aliphatic carbocycles. The number of amides is 1. The van der Waals surface area contributed by atoms with Crippen LogP contribution in [-0.4, -0.2) is 61.4 Å². The fourth-order valence-corrected chi connectivity index (χ4v) is 5.64. The number of fused-ring (bicyclic) bond motifs is 2. The summed E-state index contributed by atoms with van der Waals surface area (Å²) in [4.78, 5) is 35.8. The minimum absolute atomic E-state index is 0.129. The molecule has 5 rings (SSSR count). The standard InChI is InChI=1S/C32H37N5O3/c1-5-15-33-25(6-2)22(3)20-35(4)27-14-13-23-29-31(27)40-28-12-8-7-11-26(28)37(29)21-24(30(23)38)32(39)34-16-19-36-17-9-10-18-36/h5-8,11-15,21-22H,1,9-10,16-20H2,2-4H3,(H,34,39)/b25-6-,33-15?. The largest absolute Gasteiger partial charge is 0.451 e. The second-order valence-electron chi connectivity index (χ2n) is 10.4. The van der Waals surface area contributed by atoms with Gasteiger partial charge in [-0.15, -0.1) is 0 Å². The number of nitrogens with zero attached hydrogens (tertiary/aromatic N) is 4. The van der Waals surface area contributed by atoms with Crippen LogP contribution in [-0.2, 0) is 0 Å². The average Bonchev–Trinajstić information content (AvgIpc) is 3.48. The first-order valence-corrected chi connectivity index (χ1v) is 14.0. The number of hydrogen-bond acceptors (Lipinski definition) is 6. The summed E-state index contributed by atoms with van der Waals surface area (Å²) in [7, 11) is 2.01. The Morgan fingerprint density at radius 1 is 1.23 bits per heavy atom. The van der Waals surface area contributed by atoms with E-state index in [2.05, 4.69) is 33.6 Å². The number of benzene rings is 2. The Kier molecular flexibility index (Phi) is 8.16. The molecule has 8 heteroatoms. The zero-order valence-electron chi connectivity index (χ0n) is 23.5. The predicted molar refractivity (Wildman–Crippen MR) is 163 cm³/mol. The summed E-state index contributed by atoms with van der Waals surface area (Å²) >= 11 is 0. The zero-order valence-corrected chi connectivity index (χ0v) is 23.5. The van der Waals surface area contributed by atoms with E-state index in [1.807, 2.05) is 54.9 Å². The maximum atomic E-state index is 13.6. The van der Waals surface area contributed by atoms with E-state index in [0.29, 0.717) is 35.5 Å². The Labute approximate surface area is 235 Å². The van der Waals surface area contributed by atoms with Crippen LogP contribution in [0.2, 0.25) is 0 Å². The molecule has 0 radical (unpaired) electrons. The van der Waals surface area contributed by atoms with Crippen molar-refractivity contribution in [1.82, 2.24) is 14.8 Å². The topological polar surface area (TPSA) is 79.2 Å². The molecule has 1 fully saturated rings. The Morgan fingerprint density at radius 3 is 2.75 bits per heavy atom. The van der Waals surface area contributed by atoms with Gasteiger partial charge < -0.3 is 24.4 Å². The van der Waals surface area contributed by atoms with Crippen molar-refractivity contribution in [2.75, 3.05) is 44.7 Å². The highest BCUT2D eigenvalue weighted by molar-refractivity contribution is 6.01. The number of hydrogen-bond donors (Lipinski definition) is 1. The van der Waals surface area contributed by atoms with Crippen LogP contribution in [0.15, 0.2) is 76.8 Å². The van der Waals surface area contributed by atoms with E-state index in [0.717, 1.165) is 36.7 Å². The maximum absolute atomic E-state index is 13.6. The molecule has 0 saturated carbocycles. The van der Waals surface area contributed by atoms with E-state index in [1.54, 1.807) is 24.6 Å². The Balaban J connectivity index is 1.52. The minimum atomic E-state index is -0.352. The molecule has 0 spiro atoms. The molecule has 1 amide bonds. The van der Waals surface area contributed by atoms with Crippen LogP contribution in [0.5, 0.6) is 11.5 Å². The van der Waals surface area contributed by atoms with E-state index >= 15 is 0 Å². The van der Waals surface area contributed by atoms with Gasteiger partial charge in [0.1, 0.15) is 11.1 Å². The number of carbonyl (C=O) groups is 1. The number of carbonyl (C=O) groups excluding carboxylic acids is 1. The van der Waals surface area contributed by atoms with Gasteiger partial charge in [0.05, 0.1) is 16.8 Å². The second kappa shape index (κ2) is 11.9. The number of aliphatic imine (C=N–C) groups is 1. The summed E-state index contributed by atoms with van der Waals surface area (Å²) in [6.45, 7) is 11.9. The lowest BCUT2D eigenvalue weighted by Gasteiger charge is -2.30. The van der Waals surface area contributed by atoms with E-state index in [9.17, 15) is 9.59 Å². The first-order chi connectivity index (χ1) is 19.4. The van der Waals surface area contributed by atoms with Crippen molar-refractivity contribution in [3.8, 4) is 17.2 Å². The molecule has 2 aliphatic heterocycles. The molecule has 1 N–H and O–H groups in total. The monoisotopic (exact) mass is 539 g/mol. The Bertz CT molecular complexity index is 1550. The van der Waals surface area contributed by atoms with Crippen LogP contribution < -0.4 is 20.4 Å². The molecule has 1 aromatic heterocycles. The number of pyridine rings is 1. The Morgan fingerprint density at radius 2 is 2.00 bits per heavy atom. The highest BCUT2D eigenvalue weighted by Crippen LogP contribution is 2.45. The quantitative estimate of drug-likeness (QED) is 0.282. The van der Waals surface area contributed by atoms with Crippen LogP contribution in [0.4, 0.5) is 5.69 Å². The number of nitrogens with one attached hydrogen (secondary N) is 1. The van der Waals surface area contributed by atoms with E-state index < -0.39 is 0 Å². The number of likely N-dealkylation sites (tertiary alicyclic amines) is 1. The van der Waals surface area contributed by atoms with Gasteiger partial charge in [-0.3, -0.25) is 14.6 Å². The average molecular weight is 540 g/mol. The second-order valence-corrected chi connectivity index (χ2v) is 10.4.